The van der Waals surface area contributed by atoms with Crippen LogP contribution in [0.25, 0.3) is 0 Å². The lowest BCUT2D eigenvalue weighted by molar-refractivity contribution is -0.143. The Balaban J connectivity index is 4.54. The van der Waals surface area contributed by atoms with Crippen LogP contribution in [0.4, 0.5) is 0 Å². The monoisotopic (exact) mass is 259 g/mol. The lowest BCUT2D eigenvalue weighted by atomic mass is 10.0. The Morgan fingerprint density at radius 3 is 2.28 bits per heavy atom. The third kappa shape index (κ3) is 5.62. The first-order chi connectivity index (χ1) is 8.20. The average Bonchev–Trinajstić information content (AvgIpc) is 2.22. The maximum Gasteiger partial charge on any atom is 0.326 e. The number of carbonyl (C=O) groups is 3. The normalized spacial score (nSPS) is 12.8. The van der Waals surface area contributed by atoms with Gasteiger partial charge in [0.25, 0.3) is 0 Å². The summed E-state index contributed by atoms with van der Waals surface area (Å²) in [7, 11) is 0. The molecule has 0 aliphatic rings. The van der Waals surface area contributed by atoms with E-state index in [9.17, 15) is 14.4 Å². The molecule has 7 nitrogen and oxygen atoms in total. The molecule has 0 aromatic rings. The molecule has 18 heavy (non-hydrogen) atoms. The van der Waals surface area contributed by atoms with Crippen molar-refractivity contribution in [1.29, 1.82) is 0 Å². The standard InChI is InChI=1S/C11H21N3O4/c1-4-13-11(2,3)10(18)14-7(9(16)17)5-6-8(12)15/h7,13H,4-6H2,1-3H3,(H2,12,15)(H,14,18)(H,16,17)/t7-/m0/s1. The summed E-state index contributed by atoms with van der Waals surface area (Å²) in [6.07, 6.45) is -0.0997. The molecule has 0 saturated carbocycles. The van der Waals surface area contributed by atoms with E-state index in [2.05, 4.69) is 10.6 Å². The van der Waals surface area contributed by atoms with E-state index in [-0.39, 0.29) is 12.8 Å². The van der Waals surface area contributed by atoms with E-state index >= 15 is 0 Å². The molecular formula is C11H21N3O4. The first kappa shape index (κ1) is 16.4. The molecule has 0 aliphatic carbocycles. The van der Waals surface area contributed by atoms with Gasteiger partial charge >= 0.3 is 5.97 Å². The number of rotatable bonds is 8. The minimum absolute atomic E-state index is 0.0153. The third-order valence-electron chi connectivity index (χ3n) is 2.47. The van der Waals surface area contributed by atoms with Gasteiger partial charge in [-0.3, -0.25) is 9.59 Å². The van der Waals surface area contributed by atoms with Crippen molar-refractivity contribution in [2.75, 3.05) is 6.54 Å². The van der Waals surface area contributed by atoms with E-state index in [1.807, 2.05) is 6.92 Å². The first-order valence-electron chi connectivity index (χ1n) is 5.77. The van der Waals surface area contributed by atoms with Gasteiger partial charge in [0.2, 0.25) is 11.8 Å². The smallest absolute Gasteiger partial charge is 0.326 e. The van der Waals surface area contributed by atoms with Crippen molar-refractivity contribution in [1.82, 2.24) is 10.6 Å². The van der Waals surface area contributed by atoms with Crippen molar-refractivity contribution < 1.29 is 19.5 Å². The van der Waals surface area contributed by atoms with Crippen LogP contribution >= 0.6 is 0 Å². The molecule has 0 radical (unpaired) electrons. The number of hydrogen-bond acceptors (Lipinski definition) is 4. The zero-order valence-electron chi connectivity index (χ0n) is 10.9. The molecule has 0 spiro atoms. The van der Waals surface area contributed by atoms with Crippen LogP contribution in [0.15, 0.2) is 0 Å². The fourth-order valence-electron chi connectivity index (χ4n) is 1.40. The number of nitrogens with one attached hydrogen (secondary N) is 2. The Labute approximate surface area is 106 Å². The molecule has 0 aromatic carbocycles. The molecule has 0 aromatic heterocycles. The molecule has 0 saturated heterocycles. The number of carbonyl (C=O) groups excluding carboxylic acids is 2. The summed E-state index contributed by atoms with van der Waals surface area (Å²) in [6, 6.07) is -1.11. The van der Waals surface area contributed by atoms with Crippen molar-refractivity contribution in [3.63, 3.8) is 0 Å². The van der Waals surface area contributed by atoms with Crippen molar-refractivity contribution in [2.24, 2.45) is 5.73 Å². The second kappa shape index (κ2) is 6.95. The molecule has 1 atom stereocenters. The van der Waals surface area contributed by atoms with Crippen molar-refractivity contribution in [3.05, 3.63) is 0 Å². The second-order valence-corrected chi connectivity index (χ2v) is 4.52. The van der Waals surface area contributed by atoms with Crippen LogP contribution in [-0.4, -0.2) is 41.0 Å². The highest BCUT2D eigenvalue weighted by atomic mass is 16.4. The van der Waals surface area contributed by atoms with Gasteiger partial charge in [-0.15, -0.1) is 0 Å². The third-order valence-corrected chi connectivity index (χ3v) is 2.47. The number of aliphatic carboxylic acids is 1. The van der Waals surface area contributed by atoms with Crippen molar-refractivity contribution in [3.8, 4) is 0 Å². The van der Waals surface area contributed by atoms with Gasteiger partial charge in [0.15, 0.2) is 0 Å². The minimum Gasteiger partial charge on any atom is -0.480 e. The van der Waals surface area contributed by atoms with Gasteiger partial charge < -0.3 is 21.5 Å². The summed E-state index contributed by atoms with van der Waals surface area (Å²) in [5.74, 6) is -2.21. The molecule has 7 heteroatoms. The maximum absolute atomic E-state index is 11.9. The fraction of sp³-hybridized carbons (Fsp3) is 0.727. The summed E-state index contributed by atoms with van der Waals surface area (Å²) in [4.78, 5) is 33.4. The van der Waals surface area contributed by atoms with E-state index < -0.39 is 29.4 Å². The summed E-state index contributed by atoms with van der Waals surface area (Å²) in [5, 5.41) is 14.3. The van der Waals surface area contributed by atoms with Gasteiger partial charge in [-0.1, -0.05) is 6.92 Å². The predicted octanol–water partition coefficient (Wildman–Crippen LogP) is -0.791. The SMILES string of the molecule is CCNC(C)(C)C(=O)N[C@@H](CCC(N)=O)C(=O)O. The van der Waals surface area contributed by atoms with Crippen LogP contribution in [0.5, 0.6) is 0 Å². The van der Waals surface area contributed by atoms with E-state index in [0.29, 0.717) is 6.54 Å². The minimum atomic E-state index is -1.18. The summed E-state index contributed by atoms with van der Waals surface area (Å²) < 4.78 is 0. The lowest BCUT2D eigenvalue weighted by Crippen LogP contribution is -2.56. The summed E-state index contributed by atoms with van der Waals surface area (Å²) >= 11 is 0. The zero-order chi connectivity index (χ0) is 14.3. The quantitative estimate of drug-likeness (QED) is 0.455. The first-order valence-corrected chi connectivity index (χ1v) is 5.77. The number of primary amides is 1. The van der Waals surface area contributed by atoms with E-state index in [1.165, 1.54) is 0 Å². The molecule has 0 aliphatic heterocycles. The predicted molar refractivity (Wildman–Crippen MR) is 65.8 cm³/mol. The summed E-state index contributed by atoms with van der Waals surface area (Å²) in [5.41, 5.74) is 4.08. The van der Waals surface area contributed by atoms with Crippen LogP contribution in [0.1, 0.15) is 33.6 Å². The molecule has 2 amide bonds. The highest BCUT2D eigenvalue weighted by Gasteiger charge is 2.30. The van der Waals surface area contributed by atoms with E-state index in [0.717, 1.165) is 0 Å². The Kier molecular flexibility index (Phi) is 6.32. The number of carboxylic acid groups (broad SMARTS) is 1. The molecule has 0 bridgehead atoms. The van der Waals surface area contributed by atoms with E-state index in [1.54, 1.807) is 13.8 Å². The van der Waals surface area contributed by atoms with Crippen LogP contribution in [0.2, 0.25) is 0 Å². The number of carboxylic acids is 1. The highest BCUT2D eigenvalue weighted by Crippen LogP contribution is 2.05. The molecule has 5 N–H and O–H groups in total. The van der Waals surface area contributed by atoms with Crippen molar-refractivity contribution in [2.45, 2.75) is 45.2 Å². The maximum atomic E-state index is 11.9. The Morgan fingerprint density at radius 2 is 1.89 bits per heavy atom. The fourth-order valence-corrected chi connectivity index (χ4v) is 1.40. The number of hydrogen-bond donors (Lipinski definition) is 4. The molecule has 0 heterocycles. The van der Waals surface area contributed by atoms with Crippen LogP contribution in [-0.2, 0) is 14.4 Å². The largest absolute Gasteiger partial charge is 0.480 e. The highest BCUT2D eigenvalue weighted by molar-refractivity contribution is 5.89. The van der Waals surface area contributed by atoms with E-state index in [4.69, 9.17) is 10.8 Å². The van der Waals surface area contributed by atoms with Crippen LogP contribution < -0.4 is 16.4 Å². The molecule has 0 fully saturated rings. The number of amides is 2. The van der Waals surface area contributed by atoms with Gasteiger partial charge in [-0.25, -0.2) is 4.79 Å². The van der Waals surface area contributed by atoms with Gasteiger partial charge in [-0.05, 0) is 26.8 Å². The Bertz CT molecular complexity index is 328. The summed E-state index contributed by atoms with van der Waals surface area (Å²) in [6.45, 7) is 5.73. The topological polar surface area (TPSA) is 122 Å². The molecule has 0 rings (SSSR count). The number of nitrogens with two attached hydrogens (primary N) is 1. The molecule has 0 unspecified atom stereocenters. The average molecular weight is 259 g/mol. The van der Waals surface area contributed by atoms with Gasteiger partial charge in [0.05, 0.1) is 5.54 Å². The van der Waals surface area contributed by atoms with Crippen LogP contribution in [0.3, 0.4) is 0 Å². The molecular weight excluding hydrogens is 238 g/mol. The second-order valence-electron chi connectivity index (χ2n) is 4.52. The zero-order valence-corrected chi connectivity index (χ0v) is 10.9. The number of likely N-dealkylation sites (N-methyl/N-ethyl adjacent to an activating group) is 1. The van der Waals surface area contributed by atoms with Gasteiger partial charge in [0.1, 0.15) is 6.04 Å². The lowest BCUT2D eigenvalue weighted by Gasteiger charge is -2.26. The van der Waals surface area contributed by atoms with Gasteiger partial charge in [-0.2, -0.15) is 0 Å². The van der Waals surface area contributed by atoms with Crippen LogP contribution in [0, 0.1) is 0 Å². The van der Waals surface area contributed by atoms with Crippen molar-refractivity contribution >= 4 is 17.8 Å². The van der Waals surface area contributed by atoms with Gasteiger partial charge in [0, 0.05) is 6.42 Å². The Hall–Kier alpha value is -1.63. The Morgan fingerprint density at radius 1 is 1.33 bits per heavy atom. The molecule has 104 valence electrons.